The number of unbranched alkanes of at least 4 members (excludes halogenated alkanes) is 1. The van der Waals surface area contributed by atoms with Gasteiger partial charge in [-0.2, -0.15) is 11.8 Å². The Morgan fingerprint density at radius 2 is 1.18 bits per heavy atom. The SMILES string of the molecule is CCCCSCCS(=O)(=O)c1ccc(CCS(=O)(=O)[O-])cc1.O=S(=O)([O-])S(=O)(=O)[O-].[K+].[K+].[K+]. The minimum absolute atomic E-state index is 0. The molecule has 0 unspecified atom stereocenters. The Bertz CT molecular complexity index is 1060. The van der Waals surface area contributed by atoms with Gasteiger partial charge in [-0.3, -0.25) is 0 Å². The molecule has 0 aliphatic carbocycles. The van der Waals surface area contributed by atoms with E-state index in [0.29, 0.717) is 11.3 Å². The molecule has 11 nitrogen and oxygen atoms in total. The van der Waals surface area contributed by atoms with E-state index in [2.05, 4.69) is 6.92 Å². The third kappa shape index (κ3) is 22.7. The maximum absolute atomic E-state index is 12.1. The molecule has 0 spiro atoms. The minimum Gasteiger partial charge on any atom is -0.748 e. The van der Waals surface area contributed by atoms with Gasteiger partial charge in [-0.25, -0.2) is 33.7 Å². The predicted molar refractivity (Wildman–Crippen MR) is 108 cm³/mol. The molecule has 0 atom stereocenters. The van der Waals surface area contributed by atoms with Gasteiger partial charge in [0, 0.05) is 11.5 Å². The van der Waals surface area contributed by atoms with Crippen LogP contribution in [-0.2, 0) is 44.7 Å². The maximum Gasteiger partial charge on any atom is 1.00 e. The molecule has 0 amide bonds. The summed E-state index contributed by atoms with van der Waals surface area (Å²) in [6, 6.07) is 6.06. The summed E-state index contributed by atoms with van der Waals surface area (Å²) in [7, 11) is -18.9. The van der Waals surface area contributed by atoms with Crippen LogP contribution in [0.15, 0.2) is 29.2 Å². The summed E-state index contributed by atoms with van der Waals surface area (Å²) in [5, 5.41) is 0. The first-order valence-electron chi connectivity index (χ1n) is 8.24. The molecule has 1 rings (SSSR count). The molecule has 33 heavy (non-hydrogen) atoms. The van der Waals surface area contributed by atoms with Crippen LogP contribution >= 0.6 is 11.8 Å². The summed E-state index contributed by atoms with van der Waals surface area (Å²) in [4.78, 5) is 0.234. The summed E-state index contributed by atoms with van der Waals surface area (Å²) < 4.78 is 111. The number of benzene rings is 1. The molecule has 0 bridgehead atoms. The molecule has 0 fully saturated rings. The standard InChI is InChI=1S/C14H22O5S3.3K.H2O6S2/c1-2-3-9-20-10-12-21(15,16)14-6-4-13(5-7-14)8-11-22(17,18)19;;;;1-7(2,3)8(4,5)6/h4-7H,2-3,8-12H2,1H3,(H,17,18,19);;;;(H,1,2,3)(H,4,5,6)/q;3*+1;/p-3. The van der Waals surface area contributed by atoms with Crippen molar-refractivity contribution in [2.45, 2.75) is 31.1 Å². The first-order chi connectivity index (χ1) is 13.5. The summed E-state index contributed by atoms with van der Waals surface area (Å²) >= 11 is 1.63. The third-order valence-corrected chi connectivity index (χ3v) is 9.08. The zero-order valence-corrected chi connectivity index (χ0v) is 32.2. The molecule has 0 saturated carbocycles. The fourth-order valence-electron chi connectivity index (χ4n) is 1.74. The summed E-state index contributed by atoms with van der Waals surface area (Å²) in [5.41, 5.74) is 0.635. The summed E-state index contributed by atoms with van der Waals surface area (Å²) in [6.45, 7) is 2.09. The number of hydrogen-bond donors (Lipinski definition) is 0. The molecule has 176 valence electrons. The van der Waals surface area contributed by atoms with E-state index in [1.807, 2.05) is 0 Å². The molecule has 1 aromatic rings. The second-order valence-electron chi connectivity index (χ2n) is 5.76. The van der Waals surface area contributed by atoms with Gasteiger partial charge in [-0.1, -0.05) is 25.5 Å². The molecule has 0 saturated heterocycles. The Balaban J connectivity index is -0.000000331. The van der Waals surface area contributed by atoms with Gasteiger partial charge in [-0.05, 0) is 36.3 Å². The normalized spacial score (nSPS) is 11.6. The average molecular weight is 643 g/mol. The number of aryl methyl sites for hydroxylation is 1. The second-order valence-corrected chi connectivity index (χ2v) is 14.7. The Kier molecular flexibility index (Phi) is 28.1. The fourth-order valence-corrected chi connectivity index (χ4v) is 5.06. The van der Waals surface area contributed by atoms with Crippen LogP contribution in [0.2, 0.25) is 0 Å². The van der Waals surface area contributed by atoms with Gasteiger partial charge < -0.3 is 13.7 Å². The fraction of sp³-hybridized carbons (Fsp3) is 0.571. The Morgan fingerprint density at radius 3 is 1.55 bits per heavy atom. The number of sulfone groups is 1. The van der Waals surface area contributed by atoms with E-state index in [9.17, 15) is 47.3 Å². The molecule has 0 aromatic heterocycles. The zero-order chi connectivity index (χ0) is 23.6. The number of hydrogen-bond acceptors (Lipinski definition) is 12. The van der Waals surface area contributed by atoms with Gasteiger partial charge in [0.25, 0.3) is 0 Å². The molecular weight excluding hydrogens is 622 g/mol. The van der Waals surface area contributed by atoms with E-state index in [1.54, 1.807) is 23.9 Å². The first-order valence-corrected chi connectivity index (χ1v) is 16.0. The van der Waals surface area contributed by atoms with Crippen molar-refractivity contribution >= 4 is 50.0 Å². The van der Waals surface area contributed by atoms with Crippen LogP contribution in [0.1, 0.15) is 25.3 Å². The van der Waals surface area contributed by atoms with Gasteiger partial charge in [0.05, 0.1) is 20.8 Å². The van der Waals surface area contributed by atoms with Crippen LogP contribution in [0.4, 0.5) is 0 Å². The molecule has 0 aliphatic heterocycles. The van der Waals surface area contributed by atoms with E-state index in [0.717, 1.165) is 18.6 Å². The van der Waals surface area contributed by atoms with Crippen LogP contribution in [-0.4, -0.2) is 70.3 Å². The summed E-state index contributed by atoms with van der Waals surface area (Å²) in [6.07, 6.45) is 2.28. The summed E-state index contributed by atoms with van der Waals surface area (Å²) in [5.74, 6) is 1.15. The Hall–Kier alpha value is 4.16. The van der Waals surface area contributed by atoms with Crippen LogP contribution < -0.4 is 154 Å². The third-order valence-electron chi connectivity index (χ3n) is 3.31. The zero-order valence-electron chi connectivity index (χ0n) is 18.8. The van der Waals surface area contributed by atoms with Crippen molar-refractivity contribution in [2.24, 2.45) is 0 Å². The second kappa shape index (κ2) is 21.0. The van der Waals surface area contributed by atoms with E-state index in [4.69, 9.17) is 0 Å². The van der Waals surface area contributed by atoms with Crippen molar-refractivity contribution in [3.8, 4) is 0 Å². The van der Waals surface area contributed by atoms with Gasteiger partial charge >= 0.3 is 154 Å². The average Bonchev–Trinajstić information content (AvgIpc) is 2.58. The molecule has 1 aromatic carbocycles. The van der Waals surface area contributed by atoms with Crippen LogP contribution in [0, 0.1) is 0 Å². The Labute approximate surface area is 327 Å². The van der Waals surface area contributed by atoms with E-state index < -0.39 is 44.0 Å². The topological polar surface area (TPSA) is 206 Å². The Morgan fingerprint density at radius 1 is 0.727 bits per heavy atom. The van der Waals surface area contributed by atoms with Crippen LogP contribution in [0.25, 0.3) is 0 Å². The van der Waals surface area contributed by atoms with Gasteiger partial charge in [0.2, 0.25) is 0 Å². The van der Waals surface area contributed by atoms with Gasteiger partial charge in [0.1, 0.15) is 0 Å². The first kappa shape index (κ1) is 44.2. The van der Waals surface area contributed by atoms with E-state index in [-0.39, 0.29) is 171 Å². The van der Waals surface area contributed by atoms with Crippen molar-refractivity contribution in [2.75, 3.05) is 23.0 Å². The van der Waals surface area contributed by atoms with Crippen molar-refractivity contribution in [1.82, 2.24) is 0 Å². The molecular formula is C14H21K3O11S5. The number of rotatable bonds is 11. The van der Waals surface area contributed by atoms with Gasteiger partial charge in [-0.15, -0.1) is 0 Å². The number of thioether (sulfide) groups is 1. The van der Waals surface area contributed by atoms with Crippen molar-refractivity contribution < 1.29 is 201 Å². The molecule has 0 heterocycles. The molecule has 0 N–H and O–H groups in total. The maximum atomic E-state index is 12.1. The monoisotopic (exact) mass is 642 g/mol. The minimum atomic E-state index is -5.67. The van der Waals surface area contributed by atoms with Crippen molar-refractivity contribution in [3.63, 3.8) is 0 Å². The van der Waals surface area contributed by atoms with E-state index in [1.165, 1.54) is 12.1 Å². The van der Waals surface area contributed by atoms with Crippen LogP contribution in [0.5, 0.6) is 0 Å². The smallest absolute Gasteiger partial charge is 0.748 e. The molecule has 0 radical (unpaired) electrons. The van der Waals surface area contributed by atoms with Crippen molar-refractivity contribution in [1.29, 1.82) is 0 Å². The quantitative estimate of drug-likeness (QED) is 0.0955. The largest absolute Gasteiger partial charge is 1.00 e. The van der Waals surface area contributed by atoms with Crippen LogP contribution in [0.3, 0.4) is 0 Å². The van der Waals surface area contributed by atoms with Crippen molar-refractivity contribution in [3.05, 3.63) is 29.8 Å². The molecule has 0 aliphatic rings. The van der Waals surface area contributed by atoms with Gasteiger partial charge in [0.15, 0.2) is 28.1 Å². The molecule has 19 heteroatoms. The van der Waals surface area contributed by atoms with E-state index >= 15 is 0 Å². The predicted octanol–water partition coefficient (Wildman–Crippen LogP) is -8.91.